The van der Waals surface area contributed by atoms with Crippen LogP contribution in [0, 0.1) is 28.7 Å². The summed E-state index contributed by atoms with van der Waals surface area (Å²) in [6.45, 7) is 1.89. The molecule has 2 rings (SSSR count). The molecule has 0 saturated heterocycles. The lowest BCUT2D eigenvalue weighted by molar-refractivity contribution is -0.387. The molecule has 0 heterocycles. The molecule has 0 amide bonds. The van der Waals surface area contributed by atoms with E-state index in [0.29, 0.717) is 5.56 Å². The van der Waals surface area contributed by atoms with E-state index in [0.717, 1.165) is 17.7 Å². The highest BCUT2D eigenvalue weighted by atomic mass is 19.2. The lowest BCUT2D eigenvalue weighted by Gasteiger charge is -2.04. The fraction of sp³-hybridized carbons (Fsp3) is 0.0769. The second-order valence-corrected chi connectivity index (χ2v) is 3.91. The van der Waals surface area contributed by atoms with Crippen LogP contribution < -0.4 is 0 Å². The van der Waals surface area contributed by atoms with Crippen molar-refractivity contribution in [3.63, 3.8) is 0 Å². The Bertz CT molecular complexity index is 609. The van der Waals surface area contributed by atoms with Crippen LogP contribution in [0.2, 0.25) is 0 Å². The van der Waals surface area contributed by atoms with Crippen LogP contribution in [0.3, 0.4) is 0 Å². The maximum absolute atomic E-state index is 13.3. The van der Waals surface area contributed by atoms with Crippen molar-refractivity contribution in [2.75, 3.05) is 0 Å². The molecule has 0 saturated carbocycles. The molecule has 5 heteroatoms. The highest BCUT2D eigenvalue weighted by Crippen LogP contribution is 2.28. The molecule has 0 fully saturated rings. The van der Waals surface area contributed by atoms with Gasteiger partial charge in [-0.2, -0.15) is 4.39 Å². The molecular formula is C13H9F2NO2. The Balaban J connectivity index is 2.59. The van der Waals surface area contributed by atoms with Gasteiger partial charge in [0.25, 0.3) is 0 Å². The molecule has 0 radical (unpaired) electrons. The highest BCUT2D eigenvalue weighted by Gasteiger charge is 2.20. The Labute approximate surface area is 102 Å². The van der Waals surface area contributed by atoms with Crippen LogP contribution in [0.4, 0.5) is 14.5 Å². The molecule has 0 aliphatic rings. The zero-order chi connectivity index (χ0) is 13.3. The van der Waals surface area contributed by atoms with Gasteiger partial charge in [-0.3, -0.25) is 10.1 Å². The molecule has 18 heavy (non-hydrogen) atoms. The quantitative estimate of drug-likeness (QED) is 0.599. The Morgan fingerprint density at radius 2 is 1.67 bits per heavy atom. The molecule has 2 aromatic carbocycles. The topological polar surface area (TPSA) is 43.1 Å². The van der Waals surface area contributed by atoms with Crippen LogP contribution in [0.5, 0.6) is 0 Å². The first-order chi connectivity index (χ1) is 8.49. The second kappa shape index (κ2) is 4.52. The molecule has 2 aromatic rings. The number of rotatable bonds is 2. The molecule has 0 aliphatic heterocycles. The summed E-state index contributed by atoms with van der Waals surface area (Å²) in [5, 5.41) is 10.6. The van der Waals surface area contributed by atoms with Crippen molar-refractivity contribution in [3.05, 3.63) is 63.7 Å². The predicted octanol–water partition coefficient (Wildman–Crippen LogP) is 3.85. The summed E-state index contributed by atoms with van der Waals surface area (Å²) in [5.74, 6) is -2.66. The van der Waals surface area contributed by atoms with Crippen LogP contribution in [0.25, 0.3) is 11.1 Å². The number of aryl methyl sites for hydroxylation is 1. The minimum absolute atomic E-state index is 0.278. The van der Waals surface area contributed by atoms with Crippen LogP contribution in [-0.2, 0) is 0 Å². The molecule has 0 aromatic heterocycles. The minimum atomic E-state index is -1.43. The normalized spacial score (nSPS) is 10.4. The fourth-order valence-electron chi connectivity index (χ4n) is 1.62. The van der Waals surface area contributed by atoms with Gasteiger partial charge in [0.2, 0.25) is 5.82 Å². The monoisotopic (exact) mass is 249 g/mol. The van der Waals surface area contributed by atoms with Crippen molar-refractivity contribution < 1.29 is 13.7 Å². The van der Waals surface area contributed by atoms with E-state index in [1.54, 1.807) is 24.3 Å². The number of nitrogens with zero attached hydrogens (tertiary/aromatic N) is 1. The first-order valence-electron chi connectivity index (χ1n) is 5.19. The summed E-state index contributed by atoms with van der Waals surface area (Å²) < 4.78 is 26.5. The van der Waals surface area contributed by atoms with E-state index < -0.39 is 22.2 Å². The zero-order valence-electron chi connectivity index (χ0n) is 9.48. The highest BCUT2D eigenvalue weighted by molar-refractivity contribution is 5.66. The molecule has 92 valence electrons. The Kier molecular flexibility index (Phi) is 3.06. The predicted molar refractivity (Wildman–Crippen MR) is 63.2 cm³/mol. The smallest absolute Gasteiger partial charge is 0.258 e. The average molecular weight is 249 g/mol. The van der Waals surface area contributed by atoms with E-state index in [-0.39, 0.29) is 5.56 Å². The van der Waals surface area contributed by atoms with Crippen molar-refractivity contribution in [2.45, 2.75) is 6.92 Å². The van der Waals surface area contributed by atoms with E-state index >= 15 is 0 Å². The van der Waals surface area contributed by atoms with E-state index in [2.05, 4.69) is 0 Å². The molecule has 0 spiro atoms. The Hall–Kier alpha value is -2.30. The molecule has 0 N–H and O–H groups in total. The second-order valence-electron chi connectivity index (χ2n) is 3.91. The van der Waals surface area contributed by atoms with Gasteiger partial charge in [-0.25, -0.2) is 4.39 Å². The van der Waals surface area contributed by atoms with Gasteiger partial charge in [0.05, 0.1) is 4.92 Å². The van der Waals surface area contributed by atoms with Gasteiger partial charge in [0.15, 0.2) is 5.82 Å². The van der Waals surface area contributed by atoms with Gasteiger partial charge in [-0.1, -0.05) is 29.8 Å². The Morgan fingerprint density at radius 3 is 2.22 bits per heavy atom. The number of hydrogen-bond donors (Lipinski definition) is 0. The van der Waals surface area contributed by atoms with E-state index in [9.17, 15) is 18.9 Å². The van der Waals surface area contributed by atoms with E-state index in [1.165, 1.54) is 0 Å². The van der Waals surface area contributed by atoms with E-state index in [1.807, 2.05) is 6.92 Å². The number of hydrogen-bond acceptors (Lipinski definition) is 2. The van der Waals surface area contributed by atoms with Gasteiger partial charge in [0, 0.05) is 6.07 Å². The summed E-state index contributed by atoms with van der Waals surface area (Å²) in [7, 11) is 0. The number of nitro groups is 1. The zero-order valence-corrected chi connectivity index (χ0v) is 9.48. The third-order valence-electron chi connectivity index (χ3n) is 2.59. The standard InChI is InChI=1S/C13H9F2NO2/c1-8-2-4-9(5-3-8)10-6-11(14)13(15)12(7-10)16(17)18/h2-7H,1H3. The van der Waals surface area contributed by atoms with Crippen molar-refractivity contribution in [1.29, 1.82) is 0 Å². The summed E-state index contributed by atoms with van der Waals surface area (Å²) in [6.07, 6.45) is 0. The number of benzene rings is 2. The van der Waals surface area contributed by atoms with Crippen LogP contribution >= 0.6 is 0 Å². The summed E-state index contributed by atoms with van der Waals surface area (Å²) in [6, 6.07) is 8.97. The van der Waals surface area contributed by atoms with Crippen molar-refractivity contribution in [2.24, 2.45) is 0 Å². The largest absolute Gasteiger partial charge is 0.308 e. The van der Waals surface area contributed by atoms with Gasteiger partial charge in [0.1, 0.15) is 0 Å². The third-order valence-corrected chi connectivity index (χ3v) is 2.59. The number of nitro benzene ring substituents is 1. The molecule has 3 nitrogen and oxygen atoms in total. The average Bonchev–Trinajstić information content (AvgIpc) is 2.33. The molecule has 0 bridgehead atoms. The van der Waals surface area contributed by atoms with Crippen LogP contribution in [-0.4, -0.2) is 4.92 Å². The first kappa shape index (κ1) is 12.2. The lowest BCUT2D eigenvalue weighted by Crippen LogP contribution is -1.96. The summed E-state index contributed by atoms with van der Waals surface area (Å²) in [5.41, 5.74) is 1.03. The van der Waals surface area contributed by atoms with Crippen molar-refractivity contribution >= 4 is 5.69 Å². The van der Waals surface area contributed by atoms with Crippen molar-refractivity contribution in [1.82, 2.24) is 0 Å². The first-order valence-corrected chi connectivity index (χ1v) is 5.19. The molecular weight excluding hydrogens is 240 g/mol. The van der Waals surface area contributed by atoms with Gasteiger partial charge >= 0.3 is 5.69 Å². The fourth-order valence-corrected chi connectivity index (χ4v) is 1.62. The maximum Gasteiger partial charge on any atom is 0.308 e. The van der Waals surface area contributed by atoms with Crippen LogP contribution in [0.15, 0.2) is 36.4 Å². The lowest BCUT2D eigenvalue weighted by atomic mass is 10.0. The summed E-state index contributed by atoms with van der Waals surface area (Å²) in [4.78, 5) is 9.68. The van der Waals surface area contributed by atoms with Gasteiger partial charge in [-0.15, -0.1) is 0 Å². The molecule has 0 unspecified atom stereocenters. The van der Waals surface area contributed by atoms with E-state index in [4.69, 9.17) is 0 Å². The number of halogens is 2. The minimum Gasteiger partial charge on any atom is -0.258 e. The van der Waals surface area contributed by atoms with Crippen LogP contribution in [0.1, 0.15) is 5.56 Å². The summed E-state index contributed by atoms with van der Waals surface area (Å²) >= 11 is 0. The molecule has 0 atom stereocenters. The van der Waals surface area contributed by atoms with Gasteiger partial charge in [-0.05, 0) is 24.1 Å². The van der Waals surface area contributed by atoms with Gasteiger partial charge < -0.3 is 0 Å². The Morgan fingerprint density at radius 1 is 1.06 bits per heavy atom. The third kappa shape index (κ3) is 2.20. The molecule has 0 aliphatic carbocycles. The maximum atomic E-state index is 13.3. The van der Waals surface area contributed by atoms with Crippen molar-refractivity contribution in [3.8, 4) is 11.1 Å². The SMILES string of the molecule is Cc1ccc(-c2cc(F)c(F)c([N+](=O)[O-])c2)cc1.